The van der Waals surface area contributed by atoms with Crippen molar-refractivity contribution in [3.63, 3.8) is 0 Å². The first-order valence-corrected chi connectivity index (χ1v) is 17.1. The maximum Gasteiger partial charge on any atom is 0.306 e. The van der Waals surface area contributed by atoms with Gasteiger partial charge in [0.15, 0.2) is 8.32 Å². The Kier molecular flexibility index (Phi) is 12.6. The number of hydrogen-bond donors (Lipinski definition) is 0. The highest BCUT2D eigenvalue weighted by molar-refractivity contribution is 7.86. The number of allylic oxidation sites excluding steroid dienone is 1. The zero-order valence-electron chi connectivity index (χ0n) is 21.8. The van der Waals surface area contributed by atoms with E-state index in [1.807, 2.05) is 31.2 Å². The predicted molar refractivity (Wildman–Crippen MR) is 137 cm³/mol. The number of esters is 1. The monoisotopic (exact) mass is 502 g/mol. The van der Waals surface area contributed by atoms with Crippen molar-refractivity contribution >= 4 is 24.4 Å². The molecule has 192 valence electrons. The van der Waals surface area contributed by atoms with Crippen molar-refractivity contribution in [3.05, 3.63) is 24.3 Å². The first kappa shape index (κ1) is 30.1. The van der Waals surface area contributed by atoms with Gasteiger partial charge in [-0.05, 0) is 56.3 Å². The van der Waals surface area contributed by atoms with Crippen LogP contribution in [0.3, 0.4) is 0 Å². The molecule has 0 unspecified atom stereocenters. The van der Waals surface area contributed by atoms with Gasteiger partial charge in [0.2, 0.25) is 0 Å². The molecule has 1 saturated heterocycles. The molecule has 0 radical (unpaired) electrons. The topological polar surface area (TPSA) is 78.9 Å². The van der Waals surface area contributed by atoms with Crippen LogP contribution in [0.2, 0.25) is 18.1 Å². The summed E-state index contributed by atoms with van der Waals surface area (Å²) < 4.78 is 42.0. The van der Waals surface area contributed by atoms with Crippen LogP contribution in [0.25, 0.3) is 0 Å². The standard InChI is InChI=1S/C25H46O6SSi/c1-8-9-13-17-22(30-32(5,27)28)23(31-33(6,7)25(2,3)4)20-19-21-16-14-11-10-12-15-18-24(26)29-21/h9,13,19-23H,8,10-12,14-18H2,1-7H3/b13-9-,20-19+/t21-,22-,23+/m0/s1. The van der Waals surface area contributed by atoms with Gasteiger partial charge in [0.1, 0.15) is 12.2 Å². The summed E-state index contributed by atoms with van der Waals surface area (Å²) in [4.78, 5) is 12.2. The van der Waals surface area contributed by atoms with Gasteiger partial charge < -0.3 is 9.16 Å². The highest BCUT2D eigenvalue weighted by Crippen LogP contribution is 2.38. The van der Waals surface area contributed by atoms with Gasteiger partial charge in [-0.3, -0.25) is 8.98 Å². The summed E-state index contributed by atoms with van der Waals surface area (Å²) in [6, 6.07) is 0. The third-order valence-electron chi connectivity index (χ3n) is 6.34. The van der Waals surface area contributed by atoms with Gasteiger partial charge in [-0.15, -0.1) is 0 Å². The van der Waals surface area contributed by atoms with Crippen LogP contribution in [-0.2, 0) is 28.3 Å². The molecule has 0 aromatic heterocycles. The van der Waals surface area contributed by atoms with Gasteiger partial charge in [0, 0.05) is 6.42 Å². The fourth-order valence-corrected chi connectivity index (χ4v) is 5.31. The summed E-state index contributed by atoms with van der Waals surface area (Å²) in [5.74, 6) is -0.178. The fraction of sp³-hybridized carbons (Fsp3) is 0.800. The van der Waals surface area contributed by atoms with Crippen LogP contribution in [0, 0.1) is 0 Å². The molecule has 33 heavy (non-hydrogen) atoms. The first-order valence-electron chi connectivity index (χ1n) is 12.3. The highest BCUT2D eigenvalue weighted by Gasteiger charge is 2.41. The van der Waals surface area contributed by atoms with Gasteiger partial charge in [0.25, 0.3) is 10.1 Å². The summed E-state index contributed by atoms with van der Waals surface area (Å²) in [5.41, 5.74) is 0. The third-order valence-corrected chi connectivity index (χ3v) is 11.4. The second kappa shape index (κ2) is 13.8. The van der Waals surface area contributed by atoms with Gasteiger partial charge in [-0.2, -0.15) is 8.42 Å². The Labute approximate surface area is 203 Å². The lowest BCUT2D eigenvalue weighted by atomic mass is 10.0. The Hall–Kier alpha value is -0.963. The zero-order valence-corrected chi connectivity index (χ0v) is 23.6. The van der Waals surface area contributed by atoms with E-state index in [2.05, 4.69) is 33.9 Å². The summed E-state index contributed by atoms with van der Waals surface area (Å²) in [7, 11) is -5.93. The van der Waals surface area contributed by atoms with Crippen molar-refractivity contribution in [2.75, 3.05) is 6.26 Å². The number of hydrogen-bond acceptors (Lipinski definition) is 6. The molecular weight excluding hydrogens is 456 g/mol. The van der Waals surface area contributed by atoms with Crippen molar-refractivity contribution in [1.82, 2.24) is 0 Å². The Bertz CT molecular complexity index is 751. The molecule has 0 aromatic carbocycles. The van der Waals surface area contributed by atoms with E-state index < -0.39 is 30.6 Å². The molecule has 0 amide bonds. The van der Waals surface area contributed by atoms with Crippen molar-refractivity contribution < 1.29 is 26.6 Å². The van der Waals surface area contributed by atoms with Crippen molar-refractivity contribution in [3.8, 4) is 0 Å². The lowest BCUT2D eigenvalue weighted by Gasteiger charge is -2.40. The Morgan fingerprint density at radius 2 is 1.76 bits per heavy atom. The molecule has 6 nitrogen and oxygen atoms in total. The number of carbonyl (C=O) groups excluding carboxylic acids is 1. The summed E-state index contributed by atoms with van der Waals surface area (Å²) >= 11 is 0. The van der Waals surface area contributed by atoms with Crippen LogP contribution in [0.4, 0.5) is 0 Å². The normalized spacial score (nSPS) is 21.8. The minimum Gasteiger partial charge on any atom is -0.458 e. The van der Waals surface area contributed by atoms with E-state index in [9.17, 15) is 13.2 Å². The molecule has 1 heterocycles. The second-order valence-electron chi connectivity index (χ2n) is 10.5. The van der Waals surface area contributed by atoms with Crippen molar-refractivity contribution in [2.24, 2.45) is 0 Å². The zero-order chi connectivity index (χ0) is 25.1. The number of rotatable bonds is 10. The summed E-state index contributed by atoms with van der Waals surface area (Å²) in [6.45, 7) is 12.7. The lowest BCUT2D eigenvalue weighted by Crippen LogP contribution is -2.47. The molecule has 0 saturated carbocycles. The number of ether oxygens (including phenoxy) is 1. The van der Waals surface area contributed by atoms with E-state index in [-0.39, 0.29) is 17.1 Å². The predicted octanol–water partition coefficient (Wildman–Crippen LogP) is 6.29. The van der Waals surface area contributed by atoms with E-state index in [4.69, 9.17) is 13.3 Å². The fourth-order valence-electron chi connectivity index (χ4n) is 3.41. The minimum absolute atomic E-state index is 0.0587. The number of cyclic esters (lactones) is 1. The lowest BCUT2D eigenvalue weighted by molar-refractivity contribution is -0.147. The molecule has 1 rings (SSSR count). The Morgan fingerprint density at radius 3 is 2.36 bits per heavy atom. The minimum atomic E-state index is -3.69. The van der Waals surface area contributed by atoms with Crippen molar-refractivity contribution in [2.45, 2.75) is 122 Å². The molecular formula is C25H46O6SSi. The van der Waals surface area contributed by atoms with Crippen LogP contribution < -0.4 is 0 Å². The molecule has 1 fully saturated rings. The highest BCUT2D eigenvalue weighted by atomic mass is 32.2. The van der Waals surface area contributed by atoms with Crippen LogP contribution in [-0.4, -0.2) is 47.3 Å². The Morgan fingerprint density at radius 1 is 1.12 bits per heavy atom. The maximum absolute atomic E-state index is 12.2. The average molecular weight is 503 g/mol. The van der Waals surface area contributed by atoms with Crippen molar-refractivity contribution in [1.29, 1.82) is 0 Å². The van der Waals surface area contributed by atoms with Crippen LogP contribution >= 0.6 is 0 Å². The number of carbonyl (C=O) groups is 1. The van der Waals surface area contributed by atoms with E-state index in [1.54, 1.807) is 0 Å². The molecule has 0 aromatic rings. The molecule has 0 N–H and O–H groups in total. The quantitative estimate of drug-likeness (QED) is 0.151. The molecule has 1 aliphatic heterocycles. The third kappa shape index (κ3) is 12.3. The SMILES string of the molecule is CC/C=C\C[C@H](OS(C)(=O)=O)[C@@H](/C=C/[C@@H]1CCCCCCCC(=O)O1)O[Si](C)(C)C(C)(C)C. The van der Waals surface area contributed by atoms with E-state index >= 15 is 0 Å². The van der Waals surface area contributed by atoms with Crippen LogP contribution in [0.15, 0.2) is 24.3 Å². The summed E-state index contributed by atoms with van der Waals surface area (Å²) in [5, 5.41) is -0.0587. The molecule has 1 aliphatic rings. The molecule has 0 aliphatic carbocycles. The van der Waals surface area contributed by atoms with Gasteiger partial charge in [-0.25, -0.2) is 0 Å². The first-order chi connectivity index (χ1) is 15.2. The van der Waals surface area contributed by atoms with Crippen LogP contribution in [0.5, 0.6) is 0 Å². The second-order valence-corrected chi connectivity index (χ2v) is 16.9. The smallest absolute Gasteiger partial charge is 0.306 e. The van der Waals surface area contributed by atoms with E-state index in [1.165, 1.54) is 0 Å². The van der Waals surface area contributed by atoms with E-state index in [0.717, 1.165) is 51.2 Å². The van der Waals surface area contributed by atoms with Gasteiger partial charge in [0.05, 0.1) is 12.4 Å². The van der Waals surface area contributed by atoms with Gasteiger partial charge in [-0.1, -0.05) is 65.2 Å². The van der Waals surface area contributed by atoms with Crippen LogP contribution in [0.1, 0.15) is 85.5 Å². The molecule has 8 heteroatoms. The van der Waals surface area contributed by atoms with E-state index in [0.29, 0.717) is 12.8 Å². The molecule has 0 spiro atoms. The largest absolute Gasteiger partial charge is 0.458 e. The molecule has 3 atom stereocenters. The average Bonchev–Trinajstić information content (AvgIpc) is 2.67. The maximum atomic E-state index is 12.2. The van der Waals surface area contributed by atoms with Gasteiger partial charge >= 0.3 is 5.97 Å². The summed E-state index contributed by atoms with van der Waals surface area (Å²) in [6.07, 6.45) is 14.8. The Balaban J connectivity index is 3.23. The molecule has 0 bridgehead atoms.